The van der Waals surface area contributed by atoms with Crippen LogP contribution in [0.3, 0.4) is 0 Å². The van der Waals surface area contributed by atoms with Gasteiger partial charge in [0.2, 0.25) is 0 Å². The van der Waals surface area contributed by atoms with Gasteiger partial charge in [0.1, 0.15) is 5.75 Å². The van der Waals surface area contributed by atoms with Gasteiger partial charge in [0.05, 0.1) is 5.02 Å². The van der Waals surface area contributed by atoms with E-state index in [9.17, 15) is 4.79 Å². The zero-order valence-corrected chi connectivity index (χ0v) is 11.7. The average molecular weight is 287 g/mol. The molecule has 5 nitrogen and oxygen atoms in total. The van der Waals surface area contributed by atoms with Crippen LogP contribution in [0.2, 0.25) is 5.02 Å². The van der Waals surface area contributed by atoms with Crippen LogP contribution in [0.25, 0.3) is 0 Å². The molecule has 106 valence electrons. The number of hydrogen-bond acceptors (Lipinski definition) is 4. The standard InChI is InChI=1S/C13H19ClN2O3/c1-18-7-3-6-16-12(17)9-19-13-10(8-15)4-2-5-11(13)14/h2,4-5H,3,6-9,15H2,1H3,(H,16,17). The van der Waals surface area contributed by atoms with Gasteiger partial charge < -0.3 is 20.5 Å². The number of methoxy groups -OCH3 is 1. The van der Waals surface area contributed by atoms with Crippen LogP contribution in [0.4, 0.5) is 0 Å². The molecule has 0 bridgehead atoms. The lowest BCUT2D eigenvalue weighted by Crippen LogP contribution is -2.30. The molecule has 0 spiro atoms. The van der Waals surface area contributed by atoms with Crippen molar-refractivity contribution in [3.8, 4) is 5.75 Å². The first-order valence-corrected chi connectivity index (χ1v) is 6.42. The molecule has 19 heavy (non-hydrogen) atoms. The van der Waals surface area contributed by atoms with Crippen molar-refractivity contribution in [2.45, 2.75) is 13.0 Å². The molecule has 0 atom stereocenters. The number of halogens is 1. The van der Waals surface area contributed by atoms with Crippen LogP contribution in [0.1, 0.15) is 12.0 Å². The van der Waals surface area contributed by atoms with E-state index >= 15 is 0 Å². The van der Waals surface area contributed by atoms with Gasteiger partial charge in [-0.25, -0.2) is 0 Å². The molecule has 0 aliphatic heterocycles. The van der Waals surface area contributed by atoms with Crippen molar-refractivity contribution in [3.05, 3.63) is 28.8 Å². The second-order valence-electron chi connectivity index (χ2n) is 3.92. The molecule has 1 rings (SSSR count). The molecule has 0 heterocycles. The first-order valence-electron chi connectivity index (χ1n) is 6.05. The molecule has 3 N–H and O–H groups in total. The molecule has 1 aromatic rings. The van der Waals surface area contributed by atoms with Gasteiger partial charge in [0.25, 0.3) is 5.91 Å². The molecular formula is C13H19ClN2O3. The number of carbonyl (C=O) groups is 1. The Labute approximate surface area is 118 Å². The Hall–Kier alpha value is -1.30. The lowest BCUT2D eigenvalue weighted by molar-refractivity contribution is -0.123. The summed E-state index contributed by atoms with van der Waals surface area (Å²) in [6.45, 7) is 1.40. The summed E-state index contributed by atoms with van der Waals surface area (Å²) in [5.41, 5.74) is 6.36. The van der Waals surface area contributed by atoms with Crippen molar-refractivity contribution in [2.75, 3.05) is 26.9 Å². The maximum atomic E-state index is 11.5. The van der Waals surface area contributed by atoms with E-state index in [2.05, 4.69) is 5.32 Å². The largest absolute Gasteiger partial charge is 0.482 e. The number of para-hydroxylation sites is 1. The van der Waals surface area contributed by atoms with Gasteiger partial charge in [-0.15, -0.1) is 0 Å². The number of nitrogens with one attached hydrogen (secondary N) is 1. The molecule has 1 aromatic carbocycles. The Bertz CT molecular complexity index is 413. The third-order valence-corrected chi connectivity index (χ3v) is 2.76. The van der Waals surface area contributed by atoms with Crippen LogP contribution in [0, 0.1) is 0 Å². The van der Waals surface area contributed by atoms with E-state index in [1.165, 1.54) is 0 Å². The van der Waals surface area contributed by atoms with Crippen molar-refractivity contribution in [3.63, 3.8) is 0 Å². The van der Waals surface area contributed by atoms with Gasteiger partial charge in [0, 0.05) is 32.4 Å². The van der Waals surface area contributed by atoms with E-state index in [0.29, 0.717) is 30.5 Å². The van der Waals surface area contributed by atoms with E-state index in [-0.39, 0.29) is 12.5 Å². The summed E-state index contributed by atoms with van der Waals surface area (Å²) in [6.07, 6.45) is 0.766. The predicted octanol–water partition coefficient (Wildman–Crippen LogP) is 1.33. The Kier molecular flexibility index (Phi) is 7.25. The van der Waals surface area contributed by atoms with E-state index in [4.69, 9.17) is 26.8 Å². The fourth-order valence-electron chi connectivity index (χ4n) is 1.51. The Balaban J connectivity index is 2.42. The van der Waals surface area contributed by atoms with E-state index in [1.54, 1.807) is 19.2 Å². The summed E-state index contributed by atoms with van der Waals surface area (Å²) in [4.78, 5) is 11.5. The molecule has 0 radical (unpaired) electrons. The normalized spacial score (nSPS) is 10.3. The van der Waals surface area contributed by atoms with E-state index in [1.807, 2.05) is 6.07 Å². The van der Waals surface area contributed by atoms with Gasteiger partial charge in [-0.3, -0.25) is 4.79 Å². The highest BCUT2D eigenvalue weighted by Gasteiger charge is 2.09. The maximum Gasteiger partial charge on any atom is 0.257 e. The Morgan fingerprint density at radius 2 is 2.26 bits per heavy atom. The number of nitrogens with two attached hydrogens (primary N) is 1. The summed E-state index contributed by atoms with van der Waals surface area (Å²) in [7, 11) is 1.62. The molecule has 6 heteroatoms. The Morgan fingerprint density at radius 3 is 2.95 bits per heavy atom. The number of amides is 1. The van der Waals surface area contributed by atoms with Crippen LogP contribution in [0.15, 0.2) is 18.2 Å². The molecule has 0 aromatic heterocycles. The predicted molar refractivity (Wildman–Crippen MR) is 74.3 cm³/mol. The number of ether oxygens (including phenoxy) is 2. The van der Waals surface area contributed by atoms with Crippen LogP contribution in [0.5, 0.6) is 5.75 Å². The molecule has 1 amide bonds. The van der Waals surface area contributed by atoms with Crippen molar-refractivity contribution < 1.29 is 14.3 Å². The highest BCUT2D eigenvalue weighted by atomic mass is 35.5. The molecule has 0 saturated heterocycles. The fraction of sp³-hybridized carbons (Fsp3) is 0.462. The second-order valence-corrected chi connectivity index (χ2v) is 4.32. The zero-order valence-electron chi connectivity index (χ0n) is 10.9. The van der Waals surface area contributed by atoms with Gasteiger partial charge in [-0.2, -0.15) is 0 Å². The smallest absolute Gasteiger partial charge is 0.257 e. The fourth-order valence-corrected chi connectivity index (χ4v) is 1.76. The molecule has 0 unspecified atom stereocenters. The van der Waals surface area contributed by atoms with Crippen LogP contribution >= 0.6 is 11.6 Å². The highest BCUT2D eigenvalue weighted by molar-refractivity contribution is 6.32. The van der Waals surface area contributed by atoms with Crippen molar-refractivity contribution in [1.29, 1.82) is 0 Å². The van der Waals surface area contributed by atoms with Crippen LogP contribution in [-0.4, -0.2) is 32.8 Å². The van der Waals surface area contributed by atoms with Crippen molar-refractivity contribution >= 4 is 17.5 Å². The topological polar surface area (TPSA) is 73.6 Å². The summed E-state index contributed by atoms with van der Waals surface area (Å²) >= 11 is 6.01. The number of rotatable bonds is 8. The SMILES string of the molecule is COCCCNC(=O)COc1c(Cl)cccc1CN. The molecular weight excluding hydrogens is 268 g/mol. The van der Waals surface area contributed by atoms with Gasteiger partial charge in [0.15, 0.2) is 6.61 Å². The molecule has 0 saturated carbocycles. The third-order valence-electron chi connectivity index (χ3n) is 2.46. The monoisotopic (exact) mass is 286 g/mol. The minimum atomic E-state index is -0.195. The van der Waals surface area contributed by atoms with Crippen molar-refractivity contribution in [1.82, 2.24) is 5.32 Å². The first-order chi connectivity index (χ1) is 9.19. The van der Waals surface area contributed by atoms with Crippen LogP contribution < -0.4 is 15.8 Å². The lowest BCUT2D eigenvalue weighted by Gasteiger charge is -2.12. The van der Waals surface area contributed by atoms with E-state index < -0.39 is 0 Å². The lowest BCUT2D eigenvalue weighted by atomic mass is 10.2. The number of benzene rings is 1. The maximum absolute atomic E-state index is 11.5. The highest BCUT2D eigenvalue weighted by Crippen LogP contribution is 2.28. The first kappa shape index (κ1) is 15.8. The minimum Gasteiger partial charge on any atom is -0.482 e. The van der Waals surface area contributed by atoms with E-state index in [0.717, 1.165) is 12.0 Å². The third kappa shape index (κ3) is 5.46. The molecule has 0 fully saturated rings. The summed E-state index contributed by atoms with van der Waals surface area (Å²) in [5, 5.41) is 3.18. The van der Waals surface area contributed by atoms with Gasteiger partial charge in [-0.05, 0) is 12.5 Å². The Morgan fingerprint density at radius 1 is 1.47 bits per heavy atom. The van der Waals surface area contributed by atoms with Gasteiger partial charge >= 0.3 is 0 Å². The van der Waals surface area contributed by atoms with Gasteiger partial charge in [-0.1, -0.05) is 23.7 Å². The van der Waals surface area contributed by atoms with Crippen molar-refractivity contribution in [2.24, 2.45) is 5.73 Å². The van der Waals surface area contributed by atoms with Crippen LogP contribution in [-0.2, 0) is 16.1 Å². The quantitative estimate of drug-likeness (QED) is 0.707. The summed E-state index contributed by atoms with van der Waals surface area (Å²) in [5.74, 6) is 0.276. The number of carbonyl (C=O) groups excluding carboxylic acids is 1. The molecule has 0 aliphatic carbocycles. The summed E-state index contributed by atoms with van der Waals surface area (Å²) in [6, 6.07) is 5.31. The second kappa shape index (κ2) is 8.74. The zero-order chi connectivity index (χ0) is 14.1. The summed E-state index contributed by atoms with van der Waals surface area (Å²) < 4.78 is 10.3. The number of hydrogen-bond donors (Lipinski definition) is 2. The minimum absolute atomic E-state index is 0.0796. The molecule has 0 aliphatic rings. The average Bonchev–Trinajstić information content (AvgIpc) is 2.42.